The average molecular weight is 393 g/mol. The highest BCUT2D eigenvalue weighted by atomic mass is 35.5. The molecule has 1 N–H and O–H groups in total. The predicted molar refractivity (Wildman–Crippen MR) is 114 cm³/mol. The van der Waals surface area contributed by atoms with Gasteiger partial charge in [0.1, 0.15) is 0 Å². The molecule has 1 saturated heterocycles. The van der Waals surface area contributed by atoms with Gasteiger partial charge in [-0.25, -0.2) is 0 Å². The van der Waals surface area contributed by atoms with E-state index in [-0.39, 0.29) is 5.91 Å². The van der Waals surface area contributed by atoms with Gasteiger partial charge in [0.15, 0.2) is 0 Å². The minimum absolute atomic E-state index is 0.00922. The van der Waals surface area contributed by atoms with Crippen LogP contribution in [-0.4, -0.2) is 42.0 Å². The lowest BCUT2D eigenvalue weighted by atomic mass is 10.2. The van der Waals surface area contributed by atoms with E-state index in [1.807, 2.05) is 65.6 Å². The lowest BCUT2D eigenvalue weighted by molar-refractivity contribution is 0.0746. The summed E-state index contributed by atoms with van der Waals surface area (Å²) in [6, 6.07) is 19.5. The molecule has 28 heavy (non-hydrogen) atoms. The monoisotopic (exact) mass is 392 g/mol. The van der Waals surface area contributed by atoms with Gasteiger partial charge in [-0.05, 0) is 36.4 Å². The lowest BCUT2D eigenvalue weighted by Crippen LogP contribution is -2.48. The van der Waals surface area contributed by atoms with E-state index in [0.29, 0.717) is 18.7 Å². The molecule has 0 spiro atoms. The van der Waals surface area contributed by atoms with Gasteiger partial charge < -0.3 is 15.1 Å². The Morgan fingerprint density at radius 1 is 0.893 bits per heavy atom. The van der Waals surface area contributed by atoms with Gasteiger partial charge in [0, 0.05) is 48.8 Å². The number of aromatic nitrogens is 1. The van der Waals surface area contributed by atoms with E-state index in [1.54, 1.807) is 12.4 Å². The first kappa shape index (κ1) is 18.3. The normalized spacial score (nSPS) is 14.0. The topological polar surface area (TPSA) is 48.5 Å². The molecule has 1 fully saturated rings. The van der Waals surface area contributed by atoms with Crippen molar-refractivity contribution in [1.82, 2.24) is 9.88 Å². The van der Waals surface area contributed by atoms with Crippen LogP contribution in [0.15, 0.2) is 73.1 Å². The zero-order valence-corrected chi connectivity index (χ0v) is 16.1. The number of pyridine rings is 1. The maximum atomic E-state index is 12.9. The summed E-state index contributed by atoms with van der Waals surface area (Å²) in [5.41, 5.74) is 3.45. The third-order valence-corrected chi connectivity index (χ3v) is 5.02. The highest BCUT2D eigenvalue weighted by Gasteiger charge is 2.22. The number of rotatable bonds is 4. The summed E-state index contributed by atoms with van der Waals surface area (Å²) in [5.74, 6) is 0.00922. The van der Waals surface area contributed by atoms with Crippen molar-refractivity contribution in [3.8, 4) is 0 Å². The van der Waals surface area contributed by atoms with Gasteiger partial charge in [-0.1, -0.05) is 35.9 Å². The van der Waals surface area contributed by atoms with Crippen LogP contribution in [0, 0.1) is 0 Å². The Morgan fingerprint density at radius 2 is 1.68 bits per heavy atom. The fourth-order valence-corrected chi connectivity index (χ4v) is 3.52. The summed E-state index contributed by atoms with van der Waals surface area (Å²) in [4.78, 5) is 21.3. The van der Waals surface area contributed by atoms with Crippen LogP contribution < -0.4 is 10.2 Å². The van der Waals surface area contributed by atoms with Gasteiger partial charge in [0.05, 0.1) is 17.4 Å². The summed E-state index contributed by atoms with van der Waals surface area (Å²) in [5, 5.41) is 4.01. The van der Waals surface area contributed by atoms with E-state index in [9.17, 15) is 4.79 Å². The molecule has 3 aromatic rings. The van der Waals surface area contributed by atoms with Crippen molar-refractivity contribution in [3.05, 3.63) is 83.6 Å². The van der Waals surface area contributed by atoms with Crippen LogP contribution in [-0.2, 0) is 0 Å². The molecule has 0 bridgehead atoms. The first-order valence-corrected chi connectivity index (χ1v) is 9.64. The van der Waals surface area contributed by atoms with Crippen LogP contribution in [0.4, 0.5) is 17.1 Å². The summed E-state index contributed by atoms with van der Waals surface area (Å²) in [7, 11) is 0. The zero-order chi connectivity index (χ0) is 19.3. The smallest absolute Gasteiger partial charge is 0.255 e. The van der Waals surface area contributed by atoms with Gasteiger partial charge >= 0.3 is 0 Å². The van der Waals surface area contributed by atoms with Crippen molar-refractivity contribution in [2.75, 3.05) is 36.4 Å². The van der Waals surface area contributed by atoms with Gasteiger partial charge in [-0.3, -0.25) is 9.78 Å². The zero-order valence-electron chi connectivity index (χ0n) is 15.4. The number of benzene rings is 2. The second-order valence-corrected chi connectivity index (χ2v) is 7.15. The van der Waals surface area contributed by atoms with Gasteiger partial charge in [-0.2, -0.15) is 0 Å². The van der Waals surface area contributed by atoms with Crippen LogP contribution in [0.2, 0.25) is 5.02 Å². The molecule has 1 aliphatic rings. The van der Waals surface area contributed by atoms with Gasteiger partial charge in [0.2, 0.25) is 0 Å². The van der Waals surface area contributed by atoms with E-state index in [4.69, 9.17) is 11.6 Å². The largest absolute Gasteiger partial charge is 0.368 e. The molecule has 6 heteroatoms. The predicted octanol–water partition coefficient (Wildman–Crippen LogP) is 4.44. The number of anilines is 3. The summed E-state index contributed by atoms with van der Waals surface area (Å²) in [6.07, 6.45) is 3.35. The van der Waals surface area contributed by atoms with E-state index < -0.39 is 0 Å². The second-order valence-electron chi connectivity index (χ2n) is 6.71. The molecule has 2 aromatic carbocycles. The van der Waals surface area contributed by atoms with Crippen molar-refractivity contribution in [2.24, 2.45) is 0 Å². The van der Waals surface area contributed by atoms with Crippen LogP contribution in [0.3, 0.4) is 0 Å². The molecule has 5 nitrogen and oxygen atoms in total. The quantitative estimate of drug-likeness (QED) is 0.713. The number of piperazine rings is 1. The number of nitrogens with one attached hydrogen (secondary N) is 1. The number of hydrogen-bond acceptors (Lipinski definition) is 4. The van der Waals surface area contributed by atoms with Crippen molar-refractivity contribution < 1.29 is 4.79 Å². The van der Waals surface area contributed by atoms with Crippen LogP contribution >= 0.6 is 11.6 Å². The molecule has 4 rings (SSSR count). The summed E-state index contributed by atoms with van der Waals surface area (Å²) < 4.78 is 0. The number of carbonyl (C=O) groups is 1. The van der Waals surface area contributed by atoms with E-state index in [0.717, 1.165) is 35.2 Å². The van der Waals surface area contributed by atoms with Crippen LogP contribution in [0.25, 0.3) is 0 Å². The van der Waals surface area contributed by atoms with Crippen molar-refractivity contribution in [2.45, 2.75) is 0 Å². The Bertz CT molecular complexity index is 956. The average Bonchev–Trinajstić information content (AvgIpc) is 2.74. The SMILES string of the molecule is O=C(c1cncc(Nc2ccccc2)c1)N1CCN(c2cccc(Cl)c2)CC1. The standard InChI is InChI=1S/C22H21ClN4O/c23-18-5-4-8-21(14-18)26-9-11-27(12-10-26)22(28)17-13-20(16-24-15-17)25-19-6-2-1-3-7-19/h1-8,13-16,25H,9-12H2. The Morgan fingerprint density at radius 3 is 2.43 bits per heavy atom. The Balaban J connectivity index is 1.41. The van der Waals surface area contributed by atoms with Gasteiger partial charge in [-0.15, -0.1) is 0 Å². The van der Waals surface area contributed by atoms with E-state index in [2.05, 4.69) is 15.2 Å². The van der Waals surface area contributed by atoms with Crippen molar-refractivity contribution >= 4 is 34.6 Å². The lowest BCUT2D eigenvalue weighted by Gasteiger charge is -2.36. The maximum Gasteiger partial charge on any atom is 0.255 e. The number of hydrogen-bond donors (Lipinski definition) is 1. The number of nitrogens with zero attached hydrogens (tertiary/aromatic N) is 3. The van der Waals surface area contributed by atoms with E-state index >= 15 is 0 Å². The van der Waals surface area contributed by atoms with Gasteiger partial charge in [0.25, 0.3) is 5.91 Å². The first-order chi connectivity index (χ1) is 13.7. The molecular weight excluding hydrogens is 372 g/mol. The fourth-order valence-electron chi connectivity index (χ4n) is 3.34. The summed E-state index contributed by atoms with van der Waals surface area (Å²) in [6.45, 7) is 2.90. The maximum absolute atomic E-state index is 12.9. The van der Waals surface area contributed by atoms with Crippen molar-refractivity contribution in [1.29, 1.82) is 0 Å². The van der Waals surface area contributed by atoms with E-state index in [1.165, 1.54) is 0 Å². The molecule has 0 atom stereocenters. The molecule has 0 saturated carbocycles. The Kier molecular flexibility index (Phi) is 5.44. The minimum atomic E-state index is 0.00922. The second kappa shape index (κ2) is 8.31. The Hall–Kier alpha value is -3.05. The molecule has 1 aromatic heterocycles. The number of halogens is 1. The van der Waals surface area contributed by atoms with Crippen LogP contribution in [0.1, 0.15) is 10.4 Å². The third-order valence-electron chi connectivity index (χ3n) is 4.79. The number of para-hydroxylation sites is 1. The third kappa shape index (κ3) is 4.26. The molecule has 0 radical (unpaired) electrons. The highest BCUT2D eigenvalue weighted by Crippen LogP contribution is 2.22. The number of carbonyl (C=O) groups excluding carboxylic acids is 1. The molecule has 0 unspecified atom stereocenters. The number of amides is 1. The molecule has 1 aliphatic heterocycles. The molecule has 0 aliphatic carbocycles. The fraction of sp³-hybridized carbons (Fsp3) is 0.182. The molecule has 1 amide bonds. The molecular formula is C22H21ClN4O. The van der Waals surface area contributed by atoms with Crippen LogP contribution in [0.5, 0.6) is 0 Å². The Labute approximate surface area is 169 Å². The first-order valence-electron chi connectivity index (χ1n) is 9.26. The molecule has 2 heterocycles. The highest BCUT2D eigenvalue weighted by molar-refractivity contribution is 6.30. The van der Waals surface area contributed by atoms with Crippen molar-refractivity contribution in [3.63, 3.8) is 0 Å². The summed E-state index contributed by atoms with van der Waals surface area (Å²) >= 11 is 6.09. The molecule has 142 valence electrons. The minimum Gasteiger partial charge on any atom is -0.368 e.